The first-order valence-corrected chi connectivity index (χ1v) is 8.37. The van der Waals surface area contributed by atoms with Gasteiger partial charge in [0.2, 0.25) is 0 Å². The molecule has 0 bridgehead atoms. The summed E-state index contributed by atoms with van der Waals surface area (Å²) < 4.78 is 5.10. The molecule has 0 saturated heterocycles. The molecule has 0 unspecified atom stereocenters. The Bertz CT molecular complexity index is 821. The van der Waals surface area contributed by atoms with Crippen molar-refractivity contribution in [3.8, 4) is 0 Å². The highest BCUT2D eigenvalue weighted by Gasteiger charge is 2.28. The average molecular weight is 302 g/mol. The van der Waals surface area contributed by atoms with Gasteiger partial charge in [-0.3, -0.25) is 13.9 Å². The number of hydrogen-bond acceptors (Lipinski definition) is 3. The number of fused-ring (bicyclic) bond motifs is 1. The van der Waals surface area contributed by atoms with E-state index in [1.54, 1.807) is 10.9 Å². The van der Waals surface area contributed by atoms with Crippen LogP contribution in [0.25, 0.3) is 11.2 Å². The van der Waals surface area contributed by atoms with Crippen LogP contribution in [0.4, 0.5) is 0 Å². The number of aryl methyl sites for hydroxylation is 1. The van der Waals surface area contributed by atoms with Gasteiger partial charge in [0.15, 0.2) is 11.2 Å². The summed E-state index contributed by atoms with van der Waals surface area (Å²) in [4.78, 5) is 30.0. The quantitative estimate of drug-likeness (QED) is 0.814. The van der Waals surface area contributed by atoms with E-state index in [0.29, 0.717) is 36.1 Å². The molecule has 6 nitrogen and oxygen atoms in total. The van der Waals surface area contributed by atoms with Gasteiger partial charge in [-0.1, -0.05) is 6.92 Å². The molecule has 0 N–H and O–H groups in total. The van der Waals surface area contributed by atoms with Crippen molar-refractivity contribution in [1.29, 1.82) is 0 Å². The van der Waals surface area contributed by atoms with Crippen LogP contribution in [0.5, 0.6) is 0 Å². The first kappa shape index (κ1) is 13.8. The minimum Gasteiger partial charge on any atom is -0.325 e. The first-order chi connectivity index (χ1) is 10.7. The minimum absolute atomic E-state index is 0.162. The SMILES string of the molecule is CCCn1cnc2c1c(=O)n(CC1CC1)c(=O)n2CC1CC1. The zero-order chi connectivity index (χ0) is 15.3. The second kappa shape index (κ2) is 5.11. The van der Waals surface area contributed by atoms with Crippen LogP contribution in [0, 0.1) is 11.8 Å². The number of aromatic nitrogens is 4. The van der Waals surface area contributed by atoms with Crippen molar-refractivity contribution in [2.24, 2.45) is 11.8 Å². The largest absolute Gasteiger partial charge is 0.332 e. The third kappa shape index (κ3) is 2.30. The summed E-state index contributed by atoms with van der Waals surface area (Å²) in [6.45, 7) is 4.10. The van der Waals surface area contributed by atoms with E-state index in [-0.39, 0.29) is 11.2 Å². The first-order valence-electron chi connectivity index (χ1n) is 8.37. The van der Waals surface area contributed by atoms with E-state index < -0.39 is 0 Å². The zero-order valence-corrected chi connectivity index (χ0v) is 13.0. The van der Waals surface area contributed by atoms with Crippen LogP contribution in [0.15, 0.2) is 15.9 Å². The summed E-state index contributed by atoms with van der Waals surface area (Å²) in [5.41, 5.74) is 0.841. The van der Waals surface area contributed by atoms with Crippen LogP contribution in [-0.4, -0.2) is 18.7 Å². The smallest absolute Gasteiger partial charge is 0.325 e. The summed E-state index contributed by atoms with van der Waals surface area (Å²) >= 11 is 0. The van der Waals surface area contributed by atoms with Crippen LogP contribution in [0.2, 0.25) is 0 Å². The molecule has 2 aliphatic carbocycles. The Morgan fingerprint density at radius 3 is 2.32 bits per heavy atom. The fraction of sp³-hybridized carbons (Fsp3) is 0.688. The summed E-state index contributed by atoms with van der Waals surface area (Å²) in [6, 6.07) is 0. The molecule has 0 amide bonds. The Morgan fingerprint density at radius 1 is 1.09 bits per heavy atom. The highest BCUT2D eigenvalue weighted by molar-refractivity contribution is 5.70. The third-order valence-corrected chi connectivity index (χ3v) is 4.72. The van der Waals surface area contributed by atoms with Gasteiger partial charge in [-0.05, 0) is 43.9 Å². The van der Waals surface area contributed by atoms with Gasteiger partial charge in [0.25, 0.3) is 5.56 Å². The zero-order valence-electron chi connectivity index (χ0n) is 13.0. The van der Waals surface area contributed by atoms with E-state index in [2.05, 4.69) is 11.9 Å². The highest BCUT2D eigenvalue weighted by atomic mass is 16.2. The highest BCUT2D eigenvalue weighted by Crippen LogP contribution is 2.31. The van der Waals surface area contributed by atoms with Crippen molar-refractivity contribution >= 4 is 11.2 Å². The molecule has 2 aliphatic rings. The third-order valence-electron chi connectivity index (χ3n) is 4.72. The molecule has 6 heteroatoms. The van der Waals surface area contributed by atoms with Gasteiger partial charge >= 0.3 is 5.69 Å². The predicted molar refractivity (Wildman–Crippen MR) is 84.0 cm³/mol. The van der Waals surface area contributed by atoms with Gasteiger partial charge < -0.3 is 4.57 Å². The van der Waals surface area contributed by atoms with Crippen LogP contribution in [0.3, 0.4) is 0 Å². The Balaban J connectivity index is 1.93. The molecule has 22 heavy (non-hydrogen) atoms. The molecule has 2 aromatic heterocycles. The van der Waals surface area contributed by atoms with E-state index in [4.69, 9.17) is 0 Å². The lowest BCUT2D eigenvalue weighted by atomic mass is 10.3. The van der Waals surface area contributed by atoms with Crippen LogP contribution >= 0.6 is 0 Å². The second-order valence-corrected chi connectivity index (χ2v) is 6.81. The predicted octanol–water partition coefficient (Wildman–Crippen LogP) is 1.59. The van der Waals surface area contributed by atoms with Crippen molar-refractivity contribution in [1.82, 2.24) is 18.7 Å². The number of nitrogens with zero attached hydrogens (tertiary/aromatic N) is 4. The fourth-order valence-electron chi connectivity index (χ4n) is 3.09. The van der Waals surface area contributed by atoms with Gasteiger partial charge in [-0.2, -0.15) is 0 Å². The second-order valence-electron chi connectivity index (χ2n) is 6.81. The van der Waals surface area contributed by atoms with Gasteiger partial charge in [0.1, 0.15) is 0 Å². The van der Waals surface area contributed by atoms with Crippen molar-refractivity contribution in [3.05, 3.63) is 27.2 Å². The summed E-state index contributed by atoms with van der Waals surface area (Å²) in [7, 11) is 0. The molecule has 118 valence electrons. The van der Waals surface area contributed by atoms with Crippen molar-refractivity contribution < 1.29 is 0 Å². The summed E-state index contributed by atoms with van der Waals surface area (Å²) in [5, 5.41) is 0. The van der Waals surface area contributed by atoms with Crippen LogP contribution < -0.4 is 11.2 Å². The molecule has 2 saturated carbocycles. The Hall–Kier alpha value is -1.85. The number of rotatable bonds is 6. The number of imidazole rings is 1. The van der Waals surface area contributed by atoms with E-state index >= 15 is 0 Å². The lowest BCUT2D eigenvalue weighted by Crippen LogP contribution is -2.41. The van der Waals surface area contributed by atoms with Crippen molar-refractivity contribution in [2.75, 3.05) is 0 Å². The van der Waals surface area contributed by atoms with Gasteiger partial charge in [-0.15, -0.1) is 0 Å². The lowest BCUT2D eigenvalue weighted by Gasteiger charge is -2.12. The molecule has 0 aromatic carbocycles. The molecule has 0 radical (unpaired) electrons. The molecule has 2 fully saturated rings. The topological polar surface area (TPSA) is 61.8 Å². The monoisotopic (exact) mass is 302 g/mol. The van der Waals surface area contributed by atoms with Gasteiger partial charge in [0, 0.05) is 19.6 Å². The fourth-order valence-corrected chi connectivity index (χ4v) is 3.09. The van der Waals surface area contributed by atoms with E-state index in [9.17, 15) is 9.59 Å². The maximum atomic E-state index is 12.8. The van der Waals surface area contributed by atoms with Gasteiger partial charge in [-0.25, -0.2) is 9.78 Å². The average Bonchev–Trinajstić information content (AvgIpc) is 3.41. The summed E-state index contributed by atoms with van der Waals surface area (Å²) in [6.07, 6.45) is 7.24. The Labute approximate surface area is 128 Å². The maximum Gasteiger partial charge on any atom is 0.332 e. The van der Waals surface area contributed by atoms with E-state index in [1.165, 1.54) is 17.4 Å². The van der Waals surface area contributed by atoms with Crippen molar-refractivity contribution in [3.63, 3.8) is 0 Å². The molecular formula is C16H22N4O2. The summed E-state index contributed by atoms with van der Waals surface area (Å²) in [5.74, 6) is 1.07. The van der Waals surface area contributed by atoms with E-state index in [1.807, 2.05) is 4.57 Å². The lowest BCUT2D eigenvalue weighted by molar-refractivity contribution is 0.518. The molecule has 2 aromatic rings. The minimum atomic E-state index is -0.168. The van der Waals surface area contributed by atoms with Crippen LogP contribution in [0.1, 0.15) is 39.0 Å². The van der Waals surface area contributed by atoms with E-state index in [0.717, 1.165) is 25.8 Å². The molecule has 0 spiro atoms. The van der Waals surface area contributed by atoms with Gasteiger partial charge in [0.05, 0.1) is 6.33 Å². The molecule has 0 aliphatic heterocycles. The Kier molecular flexibility index (Phi) is 3.20. The molecular weight excluding hydrogens is 280 g/mol. The number of hydrogen-bond donors (Lipinski definition) is 0. The normalized spacial score (nSPS) is 18.2. The standard InChI is InChI=1S/C16H22N4O2/c1-2-7-18-10-17-14-13(18)15(21)20(9-12-5-6-12)16(22)19(14)8-11-3-4-11/h10-12H,2-9H2,1H3. The molecule has 2 heterocycles. The van der Waals surface area contributed by atoms with Crippen LogP contribution in [-0.2, 0) is 19.6 Å². The molecule has 0 atom stereocenters. The Morgan fingerprint density at radius 2 is 1.73 bits per heavy atom. The molecule has 4 rings (SSSR count). The van der Waals surface area contributed by atoms with Crippen molar-refractivity contribution in [2.45, 2.75) is 58.7 Å². The maximum absolute atomic E-state index is 12.8.